The number of benzene rings is 5. The number of carbonyl (C=O) groups excluding carboxylic acids is 7. The van der Waals surface area contributed by atoms with Gasteiger partial charge in [-0.15, -0.1) is 0 Å². The van der Waals surface area contributed by atoms with Crippen LogP contribution in [0.3, 0.4) is 0 Å². The van der Waals surface area contributed by atoms with E-state index in [1.165, 1.54) is 24.4 Å². The molecule has 0 saturated carbocycles. The van der Waals surface area contributed by atoms with Crippen LogP contribution in [0.1, 0.15) is 157 Å². The van der Waals surface area contributed by atoms with Gasteiger partial charge < -0.3 is 37.6 Å². The molecule has 12 atom stereocenters. The van der Waals surface area contributed by atoms with Crippen molar-refractivity contribution >= 4 is 56.9 Å². The first-order chi connectivity index (χ1) is 49.9. The van der Waals surface area contributed by atoms with Gasteiger partial charge in [-0.25, -0.2) is 62.3 Å². The number of carbonyl (C=O) groups is 7. The van der Waals surface area contributed by atoms with Crippen molar-refractivity contribution in [1.82, 2.24) is 29.6 Å². The lowest BCUT2D eigenvalue weighted by molar-refractivity contribution is -0.138. The van der Waals surface area contributed by atoms with E-state index in [-0.39, 0.29) is 191 Å². The van der Waals surface area contributed by atoms with E-state index in [0.29, 0.717) is 56.7 Å². The summed E-state index contributed by atoms with van der Waals surface area (Å²) in [5, 5.41) is 0. The molecule has 5 amide bonds. The minimum Gasteiger partial charge on any atom is -0.368 e. The average molecular weight is 1490 g/mol. The molecular weight excluding hydrogens is 1410 g/mol. The predicted octanol–water partition coefficient (Wildman–Crippen LogP) is 9.91. The van der Waals surface area contributed by atoms with Crippen LogP contribution in [0, 0.1) is 75.9 Å². The first-order valence-electron chi connectivity index (χ1n) is 35.1. The van der Waals surface area contributed by atoms with Gasteiger partial charge in [0.25, 0.3) is 11.8 Å². The third-order valence-corrected chi connectivity index (χ3v) is 23.5. The van der Waals surface area contributed by atoms with Crippen molar-refractivity contribution in [3.8, 4) is 0 Å². The lowest BCUT2D eigenvalue weighted by atomic mass is 9.82. The van der Waals surface area contributed by atoms with Gasteiger partial charge >= 0.3 is 0 Å². The number of halogens is 10. The molecule has 3 unspecified atom stereocenters. The van der Waals surface area contributed by atoms with Crippen molar-refractivity contribution in [1.29, 1.82) is 0 Å². The van der Waals surface area contributed by atoms with Gasteiger partial charge in [0.2, 0.25) is 23.7 Å². The number of nitrogens with zero attached hydrogens (tertiary/aromatic N) is 6. The van der Waals surface area contributed by atoms with Crippen molar-refractivity contribution < 1.29 is 85.9 Å². The van der Waals surface area contributed by atoms with Crippen LogP contribution in [0.15, 0.2) is 102 Å². The Labute approximate surface area is 599 Å². The van der Waals surface area contributed by atoms with E-state index in [0.717, 1.165) is 73.8 Å². The van der Waals surface area contributed by atoms with E-state index in [4.69, 9.17) is 22.9 Å². The molecule has 0 radical (unpaired) electrons. The van der Waals surface area contributed by atoms with Crippen molar-refractivity contribution in [2.24, 2.45) is 35.0 Å². The third-order valence-electron chi connectivity index (χ3n) is 21.7. The summed E-state index contributed by atoms with van der Waals surface area (Å²) in [6.07, 6.45) is 9.94. The molecule has 1 aromatic heterocycles. The smallest absolute Gasteiger partial charge is 0.261 e. The number of anilines is 1. The highest BCUT2D eigenvalue weighted by molar-refractivity contribution is 7.91. The molecule has 5 aromatic carbocycles. The number of amides is 5. The molecule has 6 fully saturated rings. The highest BCUT2D eigenvalue weighted by Crippen LogP contribution is 2.44. The third kappa shape index (κ3) is 17.8. The fraction of sp³-hybridized carbons (Fsp3) is 0.453. The Kier molecular flexibility index (Phi) is 24.1. The maximum Gasteiger partial charge on any atom is 0.261 e. The van der Waals surface area contributed by atoms with Crippen LogP contribution in [-0.4, -0.2) is 146 Å². The Bertz CT molecular complexity index is 4350. The summed E-state index contributed by atoms with van der Waals surface area (Å²) in [5.74, 6) is -12.6. The highest BCUT2D eigenvalue weighted by atomic mass is 32.2. The van der Waals surface area contributed by atoms with E-state index in [1.807, 2.05) is 9.80 Å². The summed E-state index contributed by atoms with van der Waals surface area (Å²) < 4.78 is 161. The van der Waals surface area contributed by atoms with Gasteiger partial charge in [-0.2, -0.15) is 0 Å². The molecular formula is C75H80F10N10O9S. The fourth-order valence-corrected chi connectivity index (χ4v) is 17.7. The Hall–Kier alpha value is -9.00. The summed E-state index contributed by atoms with van der Waals surface area (Å²) in [5.41, 5.74) is 25.3. The van der Waals surface area contributed by atoms with Crippen molar-refractivity contribution in [2.45, 2.75) is 188 Å². The number of nitrogen functional groups attached to an aromatic ring is 1. The molecule has 8 N–H and O–H groups in total. The SMILES string of the molecule is N[C@H](Cc1cc(F)c(F)cc1F)C1C[C@H]2CC[C@@H](C1)N2C(=O)CCC(=O)CN1C(=O)c2ccccc2C1=O.N[C@H](Cc1cc(F)c(F)cc1F)C1C[C@H]2CC[C@@H](C1)N2C(=O)CCS(=O)(=O)c1ccc(F)cc1.Nc1nccc(C(=O)CCC(=O)N2[C@@H]3CC[C@H]2CC([C@H](N)Cc2cc(F)c(F)cc2F)C3)n1. The topological polar surface area (TPSA) is 296 Å². The number of imide groups is 1. The first-order valence-corrected chi connectivity index (χ1v) is 36.7. The number of nitrogens with two attached hydrogens (primary N) is 4. The second-order valence-corrected chi connectivity index (χ2v) is 30.6. The quantitative estimate of drug-likeness (QED) is 0.0162. The Balaban J connectivity index is 0.000000158. The molecule has 30 heteroatoms. The van der Waals surface area contributed by atoms with Crippen LogP contribution >= 0.6 is 0 Å². The fourth-order valence-electron chi connectivity index (χ4n) is 16.5. The summed E-state index contributed by atoms with van der Waals surface area (Å²) in [4.78, 5) is 103. The molecule has 19 nitrogen and oxygen atoms in total. The molecule has 6 saturated heterocycles. The zero-order chi connectivity index (χ0) is 75.5. The lowest BCUT2D eigenvalue weighted by Crippen LogP contribution is -2.50. The van der Waals surface area contributed by atoms with Crippen LogP contribution < -0.4 is 22.9 Å². The van der Waals surface area contributed by atoms with E-state index in [1.54, 1.807) is 29.2 Å². The summed E-state index contributed by atoms with van der Waals surface area (Å²) in [6, 6.07) is 14.8. The molecule has 7 aliphatic rings. The molecule has 0 spiro atoms. The molecule has 105 heavy (non-hydrogen) atoms. The highest BCUT2D eigenvalue weighted by Gasteiger charge is 2.48. The second kappa shape index (κ2) is 32.8. The molecule has 6 aromatic rings. The van der Waals surface area contributed by atoms with E-state index >= 15 is 0 Å². The Morgan fingerprint density at radius 2 is 0.810 bits per heavy atom. The van der Waals surface area contributed by atoms with Gasteiger partial charge in [0.1, 0.15) is 29.0 Å². The number of fused-ring (bicyclic) bond motifs is 7. The molecule has 7 aliphatic heterocycles. The zero-order valence-electron chi connectivity index (χ0n) is 57.1. The second-order valence-electron chi connectivity index (χ2n) is 28.5. The number of Topliss-reactive ketones (excluding diaryl/α,β-unsaturated/α-hetero) is 2. The van der Waals surface area contributed by atoms with Gasteiger partial charge in [-0.1, -0.05) is 12.1 Å². The van der Waals surface area contributed by atoms with Crippen LogP contribution in [0.25, 0.3) is 0 Å². The van der Waals surface area contributed by atoms with Crippen molar-refractivity contribution in [2.75, 3.05) is 18.0 Å². The average Bonchev–Trinajstić information content (AvgIpc) is 1.67. The van der Waals surface area contributed by atoms with Crippen LogP contribution in [0.4, 0.5) is 49.9 Å². The van der Waals surface area contributed by atoms with Crippen molar-refractivity contribution in [3.05, 3.63) is 189 Å². The number of piperidine rings is 3. The maximum absolute atomic E-state index is 14.1. The number of hydrogen-bond acceptors (Lipinski definition) is 15. The summed E-state index contributed by atoms with van der Waals surface area (Å²) in [6.45, 7) is -0.371. The standard InChI is InChI=1S/C28H28F3N3O4.C24H26F4N2O3S.C23H26F3N5O2/c29-22-13-24(31)23(30)11-15(22)12-25(32)16-9-17-5-6-18(10-16)34(17)26(36)8-7-19(35)14-33-27(37)20-3-1-2-4-21(20)28(33)38;25-16-1-5-19(6-2-16)34(32,33)8-7-24(31)30-17-3-4-18(30)10-15(9-17)23(29)12-14-11-21(27)22(28)13-20(14)26;24-16-11-18(26)17(25)9-12(16)10-19(27)13-7-14-1-2-15(8-13)31(14)22(33)4-3-21(32)20-5-6-29-23(28)30-20/h1-4,11,13,16-18,25H,5-10,12,14,32H2;1-2,5-6,11,13,15,17-18,23H,3-4,7-10,12,29H2;5-6,9,11,13-15,19H,1-4,7-8,10,27H2,(H2,28,29,30)/t16?,17-,18+,25-;15?,17-,18+,23-;13?,14-,15+,19-/m111/s1. The molecule has 560 valence electrons. The van der Waals surface area contributed by atoms with Crippen LogP contribution in [0.2, 0.25) is 0 Å². The van der Waals surface area contributed by atoms with Gasteiger partial charge in [-0.3, -0.25) is 38.5 Å². The minimum atomic E-state index is -3.72. The molecule has 0 aliphatic carbocycles. The summed E-state index contributed by atoms with van der Waals surface area (Å²) in [7, 11) is -3.72. The molecule has 6 bridgehead atoms. The molecule has 13 rings (SSSR count). The number of rotatable bonds is 22. The minimum absolute atomic E-state index is 0.00638. The first kappa shape index (κ1) is 77.1. The van der Waals surface area contributed by atoms with Crippen LogP contribution in [0.5, 0.6) is 0 Å². The molecule has 8 heterocycles. The van der Waals surface area contributed by atoms with E-state index < -0.39 is 97.9 Å². The summed E-state index contributed by atoms with van der Waals surface area (Å²) >= 11 is 0. The van der Waals surface area contributed by atoms with Gasteiger partial charge in [0.15, 0.2) is 56.3 Å². The van der Waals surface area contributed by atoms with E-state index in [9.17, 15) is 85.9 Å². The normalized spacial score (nSPS) is 23.1. The number of sulfone groups is 1. The lowest BCUT2D eigenvalue weighted by Gasteiger charge is -2.41. The van der Waals surface area contributed by atoms with Gasteiger partial charge in [0.05, 0.1) is 28.3 Å². The predicted molar refractivity (Wildman–Crippen MR) is 362 cm³/mol. The number of hydrogen-bond donors (Lipinski definition) is 4. The Morgan fingerprint density at radius 1 is 0.457 bits per heavy atom. The maximum atomic E-state index is 14.1. The van der Waals surface area contributed by atoms with Gasteiger partial charge in [0, 0.05) is 111 Å². The van der Waals surface area contributed by atoms with Gasteiger partial charge in [-0.05, 0) is 191 Å². The number of aromatic nitrogens is 2. The monoisotopic (exact) mass is 1490 g/mol. The van der Waals surface area contributed by atoms with E-state index in [2.05, 4.69) is 9.97 Å². The Morgan fingerprint density at radius 3 is 1.18 bits per heavy atom. The largest absolute Gasteiger partial charge is 0.368 e. The number of ketones is 2. The van der Waals surface area contributed by atoms with Crippen LogP contribution in [-0.2, 0) is 48.3 Å². The zero-order valence-corrected chi connectivity index (χ0v) is 57.9. The van der Waals surface area contributed by atoms with Crippen molar-refractivity contribution in [3.63, 3.8) is 0 Å².